The molecule has 2 unspecified atom stereocenters. The Bertz CT molecular complexity index is 1420. The van der Waals surface area contributed by atoms with Crippen molar-refractivity contribution in [2.75, 3.05) is 30.8 Å². The third-order valence-corrected chi connectivity index (χ3v) is 7.63. The number of fused-ring (bicyclic) bond motifs is 4. The van der Waals surface area contributed by atoms with Crippen LogP contribution in [0, 0.1) is 5.82 Å². The van der Waals surface area contributed by atoms with E-state index in [0.29, 0.717) is 44.5 Å². The zero-order chi connectivity index (χ0) is 22.9. The molecule has 2 saturated heterocycles. The summed E-state index contributed by atoms with van der Waals surface area (Å²) >= 11 is 14.3. The van der Waals surface area contributed by atoms with Crippen LogP contribution >= 0.6 is 34.5 Å². The van der Waals surface area contributed by atoms with Gasteiger partial charge < -0.3 is 20.7 Å². The quantitative estimate of drug-likeness (QED) is 0.410. The standard InChI is InChI=1S/C22H19Cl2FN6OS/c1-32-22-29-19-13(20(30-22)31-7-10-2-3-11(8-31)27-10)6-14(24)16(17(19)25)12-4-9(23)5-15-18(12)28-21(26)33-15/h4-6,10-11,27H,2-3,7-8H2,1H3,(H2,26,28). The van der Waals surface area contributed by atoms with Gasteiger partial charge in [0.15, 0.2) is 10.9 Å². The lowest BCUT2D eigenvalue weighted by atomic mass is 10.0. The first-order chi connectivity index (χ1) is 15.9. The summed E-state index contributed by atoms with van der Waals surface area (Å²) in [5.41, 5.74) is 7.23. The topological polar surface area (TPSA) is 89.2 Å². The van der Waals surface area contributed by atoms with E-state index in [1.165, 1.54) is 18.4 Å². The molecule has 2 fully saturated rings. The third-order valence-electron chi connectivity index (χ3n) is 6.29. The molecule has 0 saturated carbocycles. The van der Waals surface area contributed by atoms with E-state index < -0.39 is 5.82 Å². The van der Waals surface area contributed by atoms with Gasteiger partial charge in [-0.3, -0.25) is 0 Å². The van der Waals surface area contributed by atoms with E-state index in [9.17, 15) is 0 Å². The van der Waals surface area contributed by atoms with Crippen molar-refractivity contribution in [3.05, 3.63) is 34.1 Å². The van der Waals surface area contributed by atoms with Crippen molar-refractivity contribution in [1.82, 2.24) is 20.3 Å². The molecule has 2 bridgehead atoms. The van der Waals surface area contributed by atoms with Crippen molar-refractivity contribution < 1.29 is 9.13 Å². The van der Waals surface area contributed by atoms with E-state index in [-0.39, 0.29) is 22.1 Å². The van der Waals surface area contributed by atoms with Gasteiger partial charge in [0.1, 0.15) is 11.3 Å². The average Bonchev–Trinajstić information content (AvgIpc) is 3.33. The minimum absolute atomic E-state index is 0.102. The number of benzene rings is 2. The number of piperazine rings is 1. The maximum absolute atomic E-state index is 16.2. The van der Waals surface area contributed by atoms with Gasteiger partial charge in [0.05, 0.1) is 22.3 Å². The highest BCUT2D eigenvalue weighted by Gasteiger charge is 2.34. The zero-order valence-electron chi connectivity index (χ0n) is 17.5. The minimum atomic E-state index is -0.576. The molecule has 2 aromatic heterocycles. The van der Waals surface area contributed by atoms with Gasteiger partial charge in [-0.2, -0.15) is 9.97 Å². The number of nitrogens with one attached hydrogen (secondary N) is 1. The van der Waals surface area contributed by atoms with Gasteiger partial charge in [-0.05, 0) is 31.0 Å². The molecule has 4 heterocycles. The Labute approximate surface area is 202 Å². The van der Waals surface area contributed by atoms with Crippen molar-refractivity contribution in [3.63, 3.8) is 0 Å². The number of hydrogen-bond donors (Lipinski definition) is 2. The second kappa shape index (κ2) is 7.80. The second-order valence-electron chi connectivity index (χ2n) is 8.37. The van der Waals surface area contributed by atoms with Crippen LogP contribution in [-0.4, -0.2) is 47.2 Å². The number of nitrogens with two attached hydrogens (primary N) is 1. The van der Waals surface area contributed by atoms with Crippen LogP contribution in [0.3, 0.4) is 0 Å². The molecular weight excluding hydrogens is 486 g/mol. The molecule has 0 aliphatic carbocycles. The van der Waals surface area contributed by atoms with Crippen molar-refractivity contribution in [1.29, 1.82) is 0 Å². The Kier molecular flexibility index (Phi) is 4.99. The Morgan fingerprint density at radius 3 is 2.61 bits per heavy atom. The number of halogens is 3. The van der Waals surface area contributed by atoms with Crippen LogP contribution in [0.1, 0.15) is 12.8 Å². The lowest BCUT2D eigenvalue weighted by Gasteiger charge is -2.34. The molecule has 11 heteroatoms. The van der Waals surface area contributed by atoms with Crippen LogP contribution in [0.4, 0.5) is 15.3 Å². The monoisotopic (exact) mass is 504 g/mol. The minimum Gasteiger partial charge on any atom is -0.467 e. The summed E-state index contributed by atoms with van der Waals surface area (Å²) in [6.07, 6.45) is 2.23. The number of nitrogens with zero attached hydrogens (tertiary/aromatic N) is 4. The van der Waals surface area contributed by atoms with Crippen LogP contribution < -0.4 is 20.7 Å². The average molecular weight is 505 g/mol. The summed E-state index contributed by atoms with van der Waals surface area (Å²) in [5.74, 6) is 0.0458. The van der Waals surface area contributed by atoms with Gasteiger partial charge in [-0.15, -0.1) is 0 Å². The smallest absolute Gasteiger partial charge is 0.318 e. The highest BCUT2D eigenvalue weighted by molar-refractivity contribution is 7.22. The molecule has 2 aliphatic rings. The Hall–Kier alpha value is -2.46. The molecule has 4 aromatic rings. The lowest BCUT2D eigenvalue weighted by molar-refractivity contribution is 0.380. The summed E-state index contributed by atoms with van der Waals surface area (Å²) in [6.45, 7) is 1.56. The maximum atomic E-state index is 16.2. The first-order valence-electron chi connectivity index (χ1n) is 10.5. The van der Waals surface area contributed by atoms with Crippen molar-refractivity contribution in [2.45, 2.75) is 24.9 Å². The predicted octanol–water partition coefficient (Wildman–Crippen LogP) is 4.88. The van der Waals surface area contributed by atoms with Crippen LogP contribution in [-0.2, 0) is 0 Å². The molecule has 0 spiro atoms. The molecule has 0 amide bonds. The fourth-order valence-corrected chi connectivity index (χ4v) is 6.29. The number of anilines is 2. The Morgan fingerprint density at radius 1 is 1.12 bits per heavy atom. The number of rotatable bonds is 3. The Balaban J connectivity index is 1.60. The van der Waals surface area contributed by atoms with Crippen LogP contribution in [0.5, 0.6) is 6.01 Å². The second-order valence-corrected chi connectivity index (χ2v) is 10.3. The maximum Gasteiger partial charge on any atom is 0.318 e. The summed E-state index contributed by atoms with van der Waals surface area (Å²) < 4.78 is 22.2. The van der Waals surface area contributed by atoms with E-state index >= 15 is 4.39 Å². The molecule has 2 aliphatic heterocycles. The molecule has 6 rings (SSSR count). The molecule has 3 N–H and O–H groups in total. The van der Waals surface area contributed by atoms with Crippen molar-refractivity contribution >= 4 is 66.6 Å². The van der Waals surface area contributed by atoms with E-state index in [2.05, 4.69) is 25.2 Å². The van der Waals surface area contributed by atoms with Crippen LogP contribution in [0.25, 0.3) is 32.2 Å². The third kappa shape index (κ3) is 3.45. The number of aromatic nitrogens is 3. The Morgan fingerprint density at radius 2 is 1.88 bits per heavy atom. The largest absolute Gasteiger partial charge is 0.467 e. The summed E-state index contributed by atoms with van der Waals surface area (Å²) in [5, 5.41) is 5.17. The SMILES string of the molecule is COc1nc(N2CC3CCC(C2)N3)c2cc(Cl)c(-c3cc(Cl)cc4sc(N)nc34)c(F)c2n1. The first kappa shape index (κ1) is 21.1. The highest BCUT2D eigenvalue weighted by Crippen LogP contribution is 2.43. The van der Waals surface area contributed by atoms with Crippen molar-refractivity contribution in [2.24, 2.45) is 0 Å². The molecule has 2 aromatic carbocycles. The number of hydrogen-bond acceptors (Lipinski definition) is 8. The number of thiazole rings is 1. The lowest BCUT2D eigenvalue weighted by Crippen LogP contribution is -2.51. The highest BCUT2D eigenvalue weighted by atomic mass is 35.5. The summed E-state index contributed by atoms with van der Waals surface area (Å²) in [7, 11) is 1.47. The zero-order valence-corrected chi connectivity index (χ0v) is 19.9. The van der Waals surface area contributed by atoms with Crippen LogP contribution in [0.15, 0.2) is 18.2 Å². The van der Waals surface area contributed by atoms with Crippen molar-refractivity contribution in [3.8, 4) is 17.1 Å². The summed E-state index contributed by atoms with van der Waals surface area (Å²) in [4.78, 5) is 15.5. The normalized spacial score (nSPS) is 20.2. The number of methoxy groups -OCH3 is 1. The summed E-state index contributed by atoms with van der Waals surface area (Å²) in [6, 6.07) is 5.99. The van der Waals surface area contributed by atoms with E-state index in [4.69, 9.17) is 33.7 Å². The van der Waals surface area contributed by atoms with E-state index in [1.54, 1.807) is 18.2 Å². The molecule has 170 valence electrons. The van der Waals surface area contributed by atoms with Gasteiger partial charge in [0.25, 0.3) is 0 Å². The van der Waals surface area contributed by atoms with Gasteiger partial charge in [-0.25, -0.2) is 9.37 Å². The molecule has 7 nitrogen and oxygen atoms in total. The molecule has 33 heavy (non-hydrogen) atoms. The first-order valence-corrected chi connectivity index (χ1v) is 12.1. The van der Waals surface area contributed by atoms with Gasteiger partial charge in [0, 0.05) is 46.7 Å². The van der Waals surface area contributed by atoms with Crippen LogP contribution in [0.2, 0.25) is 10.0 Å². The fraction of sp³-hybridized carbons (Fsp3) is 0.318. The van der Waals surface area contributed by atoms with Gasteiger partial charge in [0.2, 0.25) is 0 Å². The van der Waals surface area contributed by atoms with Gasteiger partial charge >= 0.3 is 6.01 Å². The predicted molar refractivity (Wildman–Crippen MR) is 131 cm³/mol. The fourth-order valence-electron chi connectivity index (χ4n) is 4.91. The number of ether oxygens (including phenoxy) is 1. The van der Waals surface area contributed by atoms with Gasteiger partial charge in [-0.1, -0.05) is 34.5 Å². The van der Waals surface area contributed by atoms with E-state index in [0.717, 1.165) is 30.6 Å². The van der Waals surface area contributed by atoms with E-state index in [1.807, 2.05) is 0 Å². The molecular formula is C22H19Cl2FN6OS. The molecule has 0 radical (unpaired) electrons. The molecule has 2 atom stereocenters. The number of nitrogen functional groups attached to an aromatic ring is 1.